The van der Waals surface area contributed by atoms with Gasteiger partial charge >= 0.3 is 18.2 Å². The van der Waals surface area contributed by atoms with Gasteiger partial charge in [0, 0.05) is 23.0 Å². The second-order valence-electron chi connectivity index (χ2n) is 10.2. The van der Waals surface area contributed by atoms with Crippen LogP contribution in [0.3, 0.4) is 0 Å². The minimum atomic E-state index is -1.24. The molecule has 1 aromatic rings. The van der Waals surface area contributed by atoms with Crippen molar-refractivity contribution in [3.05, 3.63) is 41.5 Å². The van der Waals surface area contributed by atoms with E-state index in [1.54, 1.807) is 47.6 Å². The Morgan fingerprint density at radius 1 is 1.06 bits per heavy atom. The second-order valence-corrected chi connectivity index (χ2v) is 11.4. The molecule has 1 aromatic carbocycles. The smallest absolute Gasteiger partial charge is 0.408 e. The Balaban J connectivity index is 2.21. The summed E-state index contributed by atoms with van der Waals surface area (Å²) in [6.45, 7) is 10.2. The molecule has 10 heteroatoms. The fraction of sp³-hybridized carbons (Fsp3) is 0.520. The van der Waals surface area contributed by atoms with Gasteiger partial charge in [-0.3, -0.25) is 4.79 Å². The van der Waals surface area contributed by atoms with Gasteiger partial charge < -0.3 is 25.2 Å². The van der Waals surface area contributed by atoms with E-state index in [1.807, 2.05) is 30.3 Å². The highest BCUT2D eigenvalue weighted by molar-refractivity contribution is 8.00. The molecule has 1 aliphatic carbocycles. The summed E-state index contributed by atoms with van der Waals surface area (Å²) in [4.78, 5) is 49.3. The molecule has 0 aromatic heterocycles. The SMILES string of the molecule is CC(C)(C)OC(=O)NC1/C(=C\c2ccccc2)C(=O)CC1SC[C@H](NC(=O)OC(C)(C)C)C(=O)O. The first-order chi connectivity index (χ1) is 16.1. The molecule has 2 rings (SSSR count). The molecule has 0 spiro atoms. The summed E-state index contributed by atoms with van der Waals surface area (Å²) in [5, 5.41) is 14.3. The van der Waals surface area contributed by atoms with E-state index in [-0.39, 0.29) is 18.0 Å². The zero-order chi connectivity index (χ0) is 26.4. The molecule has 2 amide bonds. The number of carboxylic acids is 1. The van der Waals surface area contributed by atoms with E-state index in [9.17, 15) is 24.3 Å². The van der Waals surface area contributed by atoms with Gasteiger partial charge in [-0.25, -0.2) is 14.4 Å². The molecule has 1 saturated carbocycles. The van der Waals surface area contributed by atoms with Crippen LogP contribution >= 0.6 is 11.8 Å². The summed E-state index contributed by atoms with van der Waals surface area (Å²) in [5.74, 6) is -1.42. The van der Waals surface area contributed by atoms with Gasteiger partial charge in [-0.2, -0.15) is 11.8 Å². The third-order valence-electron chi connectivity index (χ3n) is 4.68. The number of alkyl carbamates (subject to hydrolysis) is 2. The predicted molar refractivity (Wildman–Crippen MR) is 134 cm³/mol. The topological polar surface area (TPSA) is 131 Å². The Labute approximate surface area is 210 Å². The summed E-state index contributed by atoms with van der Waals surface area (Å²) in [7, 11) is 0. The van der Waals surface area contributed by atoms with E-state index in [0.29, 0.717) is 5.57 Å². The van der Waals surface area contributed by atoms with Crippen molar-refractivity contribution in [2.24, 2.45) is 0 Å². The zero-order valence-corrected chi connectivity index (χ0v) is 21.7. The van der Waals surface area contributed by atoms with E-state index < -0.39 is 46.7 Å². The number of ketones is 1. The highest BCUT2D eigenvalue weighted by atomic mass is 32.2. The standard InChI is InChI=1S/C25H34N2O7S/c1-24(2,3)33-22(31)26-17(21(29)30)14-35-19-13-18(28)16(12-15-10-8-7-9-11-15)20(19)27-23(32)34-25(4,5)6/h7-12,17,19-20H,13-14H2,1-6H3,(H,26,31)(H,27,32)(H,29,30)/b16-12-/t17-,19?,20?/m0/s1. The first kappa shape index (κ1) is 28.2. The van der Waals surface area contributed by atoms with Gasteiger partial charge in [0.25, 0.3) is 0 Å². The van der Waals surface area contributed by atoms with Crippen molar-refractivity contribution in [1.29, 1.82) is 0 Å². The quantitative estimate of drug-likeness (QED) is 0.473. The molecular weight excluding hydrogens is 472 g/mol. The number of Topliss-reactive ketones (excluding diaryl/α,β-unsaturated/α-hetero) is 1. The van der Waals surface area contributed by atoms with Crippen molar-refractivity contribution in [2.75, 3.05) is 5.75 Å². The summed E-state index contributed by atoms with van der Waals surface area (Å²) in [6, 6.07) is 7.29. The third kappa shape index (κ3) is 9.64. The first-order valence-corrected chi connectivity index (χ1v) is 12.3. The van der Waals surface area contributed by atoms with Gasteiger partial charge in [0.2, 0.25) is 0 Å². The first-order valence-electron chi connectivity index (χ1n) is 11.3. The maximum Gasteiger partial charge on any atom is 0.408 e. The van der Waals surface area contributed by atoms with Gasteiger partial charge in [-0.05, 0) is 53.2 Å². The van der Waals surface area contributed by atoms with E-state index in [1.165, 1.54) is 11.8 Å². The lowest BCUT2D eigenvalue weighted by Gasteiger charge is -2.26. The van der Waals surface area contributed by atoms with Gasteiger partial charge in [0.15, 0.2) is 5.78 Å². The normalized spacial score (nSPS) is 20.3. The van der Waals surface area contributed by atoms with Crippen LogP contribution in [0.2, 0.25) is 0 Å². The maximum absolute atomic E-state index is 12.9. The Kier molecular flexibility index (Phi) is 9.37. The van der Waals surface area contributed by atoms with Crippen molar-refractivity contribution in [2.45, 2.75) is 76.5 Å². The molecule has 9 nitrogen and oxygen atoms in total. The lowest BCUT2D eigenvalue weighted by atomic mass is 10.1. The molecular formula is C25H34N2O7S. The lowest BCUT2D eigenvalue weighted by Crippen LogP contribution is -2.46. The number of carbonyl (C=O) groups is 4. The summed E-state index contributed by atoms with van der Waals surface area (Å²) < 4.78 is 10.5. The molecule has 35 heavy (non-hydrogen) atoms. The number of carbonyl (C=O) groups excluding carboxylic acids is 3. The summed E-state index contributed by atoms with van der Waals surface area (Å²) in [5.41, 5.74) is -0.304. The molecule has 0 aliphatic heterocycles. The number of nitrogens with one attached hydrogen (secondary N) is 2. The van der Waals surface area contributed by atoms with Crippen LogP contribution < -0.4 is 10.6 Å². The Morgan fingerprint density at radius 3 is 2.17 bits per heavy atom. The molecule has 1 fully saturated rings. The largest absolute Gasteiger partial charge is 0.480 e. The van der Waals surface area contributed by atoms with Crippen molar-refractivity contribution in [3.63, 3.8) is 0 Å². The van der Waals surface area contributed by atoms with Crippen LogP contribution in [0, 0.1) is 0 Å². The molecule has 0 saturated heterocycles. The van der Waals surface area contributed by atoms with Crippen LogP contribution in [0.15, 0.2) is 35.9 Å². The number of thioether (sulfide) groups is 1. The van der Waals surface area contributed by atoms with Crippen LogP contribution in [0.4, 0.5) is 9.59 Å². The predicted octanol–water partition coefficient (Wildman–Crippen LogP) is 4.02. The van der Waals surface area contributed by atoms with Gasteiger partial charge in [0.1, 0.15) is 17.2 Å². The molecule has 2 unspecified atom stereocenters. The number of ether oxygens (including phenoxy) is 2. The van der Waals surface area contributed by atoms with Crippen LogP contribution in [0.1, 0.15) is 53.5 Å². The van der Waals surface area contributed by atoms with Crippen LogP contribution in [-0.4, -0.2) is 63.3 Å². The van der Waals surface area contributed by atoms with E-state index in [0.717, 1.165) is 5.56 Å². The van der Waals surface area contributed by atoms with Crippen LogP contribution in [0.5, 0.6) is 0 Å². The van der Waals surface area contributed by atoms with E-state index in [2.05, 4.69) is 10.6 Å². The van der Waals surface area contributed by atoms with Gasteiger partial charge in [-0.1, -0.05) is 30.3 Å². The van der Waals surface area contributed by atoms with Crippen molar-refractivity contribution in [3.8, 4) is 0 Å². The Hall–Kier alpha value is -3.01. The molecule has 1 aliphatic rings. The number of hydrogen-bond acceptors (Lipinski definition) is 7. The molecule has 0 bridgehead atoms. The average molecular weight is 507 g/mol. The van der Waals surface area contributed by atoms with Gasteiger partial charge in [0.05, 0.1) is 6.04 Å². The third-order valence-corrected chi connectivity index (χ3v) is 6.07. The van der Waals surface area contributed by atoms with Crippen molar-refractivity contribution >= 4 is 41.8 Å². The summed E-state index contributed by atoms with van der Waals surface area (Å²) in [6.07, 6.45) is 0.297. The molecule has 0 heterocycles. The zero-order valence-electron chi connectivity index (χ0n) is 20.9. The average Bonchev–Trinajstić information content (AvgIpc) is 2.97. The van der Waals surface area contributed by atoms with Crippen molar-refractivity contribution in [1.82, 2.24) is 10.6 Å². The van der Waals surface area contributed by atoms with Crippen molar-refractivity contribution < 1.29 is 33.8 Å². The Bertz CT molecular complexity index is 964. The number of aliphatic carboxylic acids is 1. The number of benzene rings is 1. The van der Waals surface area contributed by atoms with E-state index >= 15 is 0 Å². The molecule has 0 radical (unpaired) electrons. The van der Waals surface area contributed by atoms with E-state index in [4.69, 9.17) is 9.47 Å². The Morgan fingerprint density at radius 2 is 1.63 bits per heavy atom. The number of rotatable bonds is 7. The lowest BCUT2D eigenvalue weighted by molar-refractivity contribution is -0.138. The number of amides is 2. The highest BCUT2D eigenvalue weighted by Crippen LogP contribution is 2.34. The number of carboxylic acid groups (broad SMARTS) is 1. The summed E-state index contributed by atoms with van der Waals surface area (Å²) >= 11 is 1.18. The molecule has 3 atom stereocenters. The molecule has 3 N–H and O–H groups in total. The fourth-order valence-corrected chi connectivity index (χ4v) is 4.64. The number of hydrogen-bond donors (Lipinski definition) is 3. The highest BCUT2D eigenvalue weighted by Gasteiger charge is 2.40. The second kappa shape index (κ2) is 11.6. The fourth-order valence-electron chi connectivity index (χ4n) is 3.30. The van der Waals surface area contributed by atoms with Crippen LogP contribution in [-0.2, 0) is 19.1 Å². The molecule has 192 valence electrons. The van der Waals surface area contributed by atoms with Gasteiger partial charge in [-0.15, -0.1) is 0 Å². The monoisotopic (exact) mass is 506 g/mol. The minimum Gasteiger partial charge on any atom is -0.480 e. The van der Waals surface area contributed by atoms with Crippen LogP contribution in [0.25, 0.3) is 6.08 Å². The minimum absolute atomic E-state index is 0.0301. The maximum atomic E-state index is 12.9.